The summed E-state index contributed by atoms with van der Waals surface area (Å²) in [6.45, 7) is 0. The molecule has 5 rings (SSSR count). The van der Waals surface area contributed by atoms with Crippen LogP contribution in [0.4, 0.5) is 17.6 Å². The van der Waals surface area contributed by atoms with Crippen LogP contribution in [0.25, 0.3) is 21.4 Å². The number of rotatable bonds is 4. The summed E-state index contributed by atoms with van der Waals surface area (Å²) < 4.78 is 50.7. The first-order chi connectivity index (χ1) is 16.7. The Morgan fingerprint density at radius 3 is 1.89 bits per heavy atom. The van der Waals surface area contributed by atoms with Crippen molar-refractivity contribution in [3.63, 3.8) is 0 Å². The van der Waals surface area contributed by atoms with Gasteiger partial charge < -0.3 is 0 Å². The molecule has 0 atom stereocenters. The standard InChI is InChI=1S/C6H3ClF2N4S.C6H4F2N4S.C4H4ClNO2/c7-3-1-2(5(8)9)4(14-3)6-10-12-13-11-6;7-5(8)3-1-2-13-4(3)6-9-11-12-10-6;5-6-3(7)1-2-4(6)8/h1,5H,(H,10,11,12,13);1-2,5H,(H,9,10,11,12);1-2H2. The fourth-order valence-corrected chi connectivity index (χ4v) is 4.63. The maximum absolute atomic E-state index is 12.5. The Labute approximate surface area is 210 Å². The van der Waals surface area contributed by atoms with Crippen LogP contribution in [0, 0.1) is 0 Å². The van der Waals surface area contributed by atoms with E-state index in [1.165, 1.54) is 23.5 Å². The molecule has 2 N–H and O–H groups in total. The van der Waals surface area contributed by atoms with Gasteiger partial charge in [0.2, 0.25) is 23.5 Å². The Balaban J connectivity index is 0.000000152. The summed E-state index contributed by atoms with van der Waals surface area (Å²) in [6.07, 6.45) is -4.56. The molecule has 0 bridgehead atoms. The lowest BCUT2D eigenvalue weighted by atomic mass is 10.2. The minimum absolute atomic E-state index is 0.0496. The van der Waals surface area contributed by atoms with E-state index in [4.69, 9.17) is 23.4 Å². The van der Waals surface area contributed by atoms with Gasteiger partial charge in [0.05, 0.1) is 14.1 Å². The first kappa shape index (κ1) is 26.6. The quantitative estimate of drug-likeness (QED) is 0.204. The molecule has 0 radical (unpaired) electrons. The Hall–Kier alpha value is -3.02. The first-order valence-electron chi connectivity index (χ1n) is 9.11. The molecule has 0 aliphatic carbocycles. The van der Waals surface area contributed by atoms with Crippen LogP contribution >= 0.6 is 46.1 Å². The van der Waals surface area contributed by atoms with Crippen LogP contribution in [-0.2, 0) is 9.59 Å². The van der Waals surface area contributed by atoms with Gasteiger partial charge >= 0.3 is 0 Å². The highest BCUT2D eigenvalue weighted by atomic mass is 35.5. The van der Waals surface area contributed by atoms with Crippen LogP contribution in [0.2, 0.25) is 4.34 Å². The largest absolute Gasteiger partial charge is 0.273 e. The van der Waals surface area contributed by atoms with Gasteiger partial charge in [-0.2, -0.15) is 14.8 Å². The normalized spacial score (nSPS) is 13.2. The monoisotopic (exact) mass is 571 g/mol. The number of aromatic amines is 2. The number of carbonyl (C=O) groups is 2. The highest BCUT2D eigenvalue weighted by Crippen LogP contribution is 2.38. The van der Waals surface area contributed by atoms with Crippen molar-refractivity contribution in [1.29, 1.82) is 0 Å². The Morgan fingerprint density at radius 1 is 0.914 bits per heavy atom. The number of carbonyl (C=O) groups excluding carboxylic acids is 2. The Bertz CT molecular complexity index is 1240. The van der Waals surface area contributed by atoms with E-state index < -0.39 is 12.9 Å². The highest BCUT2D eigenvalue weighted by Gasteiger charge is 2.27. The maximum atomic E-state index is 12.5. The summed E-state index contributed by atoms with van der Waals surface area (Å²) in [5.41, 5.74) is -0.215. The van der Waals surface area contributed by atoms with Gasteiger partial charge in [0.1, 0.15) is 0 Å². The molecule has 11 nitrogen and oxygen atoms in total. The van der Waals surface area contributed by atoms with Crippen LogP contribution in [0.1, 0.15) is 36.8 Å². The molecule has 0 saturated carbocycles. The van der Waals surface area contributed by atoms with Crippen LogP contribution < -0.4 is 0 Å². The van der Waals surface area contributed by atoms with Crippen LogP contribution in [0.15, 0.2) is 17.5 Å². The summed E-state index contributed by atoms with van der Waals surface area (Å²) in [6, 6.07) is 2.57. The number of H-pyrrole nitrogens is 2. The third kappa shape index (κ3) is 6.77. The van der Waals surface area contributed by atoms with Gasteiger partial charge in [-0.3, -0.25) is 9.59 Å². The van der Waals surface area contributed by atoms with E-state index in [1.54, 1.807) is 5.38 Å². The lowest BCUT2D eigenvalue weighted by Gasteiger charge is -1.96. The van der Waals surface area contributed by atoms with Crippen molar-refractivity contribution in [2.75, 3.05) is 0 Å². The van der Waals surface area contributed by atoms with Crippen molar-refractivity contribution >= 4 is 57.9 Å². The third-order valence-corrected chi connectivity index (χ3v) is 6.56. The fourth-order valence-electron chi connectivity index (χ4n) is 2.45. The van der Waals surface area contributed by atoms with E-state index >= 15 is 0 Å². The predicted molar refractivity (Wildman–Crippen MR) is 117 cm³/mol. The summed E-state index contributed by atoms with van der Waals surface area (Å²) in [7, 11) is 0. The van der Waals surface area contributed by atoms with Gasteiger partial charge in [-0.1, -0.05) is 11.6 Å². The molecule has 1 saturated heterocycles. The van der Waals surface area contributed by atoms with Gasteiger partial charge in [-0.15, -0.1) is 43.1 Å². The van der Waals surface area contributed by atoms with Gasteiger partial charge in [-0.05, 0) is 27.9 Å². The predicted octanol–water partition coefficient (Wildman–Crippen LogP) is 4.67. The fraction of sp³-hybridized carbons (Fsp3) is 0.250. The summed E-state index contributed by atoms with van der Waals surface area (Å²) in [5, 5.41) is 27.1. The molecule has 0 aromatic carbocycles. The lowest BCUT2D eigenvalue weighted by molar-refractivity contribution is -0.132. The van der Waals surface area contributed by atoms with Crippen LogP contribution in [0.5, 0.6) is 0 Å². The molecule has 35 heavy (non-hydrogen) atoms. The van der Waals surface area contributed by atoms with Crippen molar-refractivity contribution < 1.29 is 27.2 Å². The second-order valence-corrected chi connectivity index (χ2v) is 9.12. The molecule has 1 aliphatic rings. The zero-order valence-corrected chi connectivity index (χ0v) is 20.0. The van der Waals surface area contributed by atoms with E-state index in [0.717, 1.165) is 11.3 Å². The molecular weight excluding hydrogens is 561 g/mol. The lowest BCUT2D eigenvalue weighted by Crippen LogP contribution is -2.16. The molecule has 186 valence electrons. The van der Waals surface area contributed by atoms with Gasteiger partial charge in [0, 0.05) is 35.7 Å². The SMILES string of the molecule is FC(F)c1cc(Cl)sc1-c1nn[nH]n1.FC(F)c1ccsc1-c1nn[nH]n1.O=C1CCC(=O)N1Cl. The third-order valence-electron chi connectivity index (χ3n) is 3.98. The van der Waals surface area contributed by atoms with Gasteiger partial charge in [0.15, 0.2) is 0 Å². The molecule has 0 unspecified atom stereocenters. The number of aromatic nitrogens is 8. The molecule has 1 aliphatic heterocycles. The van der Waals surface area contributed by atoms with E-state index in [0.29, 0.717) is 9.30 Å². The molecule has 2 amide bonds. The number of nitrogens with zero attached hydrogens (tertiary/aromatic N) is 7. The number of amides is 2. The molecular formula is C16H11Cl2F4N9O2S2. The molecule has 5 heterocycles. The number of imide groups is 1. The number of tetrazole rings is 2. The molecule has 19 heteroatoms. The number of halogens is 6. The average Bonchev–Trinajstić information content (AvgIpc) is 3.63. The van der Waals surface area contributed by atoms with Crippen molar-refractivity contribution in [3.05, 3.63) is 33.0 Å². The molecule has 4 aromatic rings. The molecule has 4 aromatic heterocycles. The van der Waals surface area contributed by atoms with E-state index in [1.807, 2.05) is 0 Å². The second-order valence-electron chi connectivity index (χ2n) is 6.18. The summed E-state index contributed by atoms with van der Waals surface area (Å²) >= 11 is 12.9. The van der Waals surface area contributed by atoms with Crippen molar-refractivity contribution in [2.24, 2.45) is 0 Å². The average molecular weight is 572 g/mol. The minimum atomic E-state index is -2.59. The van der Waals surface area contributed by atoms with Crippen LogP contribution in [0.3, 0.4) is 0 Å². The van der Waals surface area contributed by atoms with E-state index in [-0.39, 0.29) is 56.6 Å². The Kier molecular flexibility index (Phi) is 9.19. The molecule has 0 spiro atoms. The minimum Gasteiger partial charge on any atom is -0.273 e. The smallest absolute Gasteiger partial charge is 0.265 e. The number of hydrogen-bond acceptors (Lipinski definition) is 10. The second kappa shape index (κ2) is 12.1. The number of hydrogen-bond donors (Lipinski definition) is 2. The van der Waals surface area contributed by atoms with Gasteiger partial charge in [0.25, 0.3) is 12.9 Å². The first-order valence-corrected chi connectivity index (χ1v) is 11.5. The Morgan fingerprint density at radius 2 is 1.46 bits per heavy atom. The van der Waals surface area contributed by atoms with Crippen molar-refractivity contribution in [3.8, 4) is 21.4 Å². The van der Waals surface area contributed by atoms with E-state index in [2.05, 4.69) is 41.2 Å². The van der Waals surface area contributed by atoms with Crippen molar-refractivity contribution in [2.45, 2.75) is 25.7 Å². The van der Waals surface area contributed by atoms with Crippen LogP contribution in [-0.4, -0.2) is 57.5 Å². The van der Waals surface area contributed by atoms with Gasteiger partial charge in [-0.25, -0.2) is 17.6 Å². The topological polar surface area (TPSA) is 146 Å². The maximum Gasteiger partial charge on any atom is 0.265 e. The van der Waals surface area contributed by atoms with E-state index in [9.17, 15) is 27.2 Å². The number of nitrogens with one attached hydrogen (secondary N) is 2. The zero-order valence-electron chi connectivity index (χ0n) is 16.8. The summed E-state index contributed by atoms with van der Waals surface area (Å²) in [5.74, 6) is -0.240. The molecule has 1 fully saturated rings. The number of alkyl halides is 4. The zero-order chi connectivity index (χ0) is 25.5. The number of thiophene rings is 2. The highest BCUT2D eigenvalue weighted by molar-refractivity contribution is 7.19. The summed E-state index contributed by atoms with van der Waals surface area (Å²) in [4.78, 5) is 21.3. The van der Waals surface area contributed by atoms with Crippen molar-refractivity contribution in [1.82, 2.24) is 45.7 Å².